The van der Waals surface area contributed by atoms with Gasteiger partial charge in [-0.2, -0.15) is 0 Å². The van der Waals surface area contributed by atoms with Crippen LogP contribution in [-0.4, -0.2) is 36.7 Å². The second-order valence-corrected chi connectivity index (χ2v) is 6.32. The van der Waals surface area contributed by atoms with Crippen LogP contribution in [0.1, 0.15) is 12.8 Å². The zero-order valence-corrected chi connectivity index (χ0v) is 13.5. The molecule has 0 saturated carbocycles. The number of carbonyl (C=O) groups is 2. The number of anilines is 1. The molecule has 1 aliphatic heterocycles. The minimum Gasteiger partial charge on any atom is -0.322 e. The number of hydrogen-bond donors (Lipinski definition) is 1. The number of benzene rings is 1. The number of aldehydes is 1. The molecule has 1 aromatic rings. The highest BCUT2D eigenvalue weighted by Crippen LogP contribution is 2.33. The fraction of sp³-hybridized carbons (Fsp3) is 0.429. The number of hydrogen-bond acceptors (Lipinski definition) is 3. The molecule has 1 unspecified atom stereocenters. The first-order valence-electron chi connectivity index (χ1n) is 6.61. The Kier molecular flexibility index (Phi) is 5.88. The van der Waals surface area contributed by atoms with Crippen molar-refractivity contribution in [3.63, 3.8) is 0 Å². The van der Waals surface area contributed by atoms with Gasteiger partial charge in [-0.05, 0) is 31.5 Å². The summed E-state index contributed by atoms with van der Waals surface area (Å²) in [6, 6.07) is 3.04. The van der Waals surface area contributed by atoms with Crippen LogP contribution in [0.25, 0.3) is 0 Å². The van der Waals surface area contributed by atoms with Crippen molar-refractivity contribution in [2.24, 2.45) is 5.92 Å². The number of likely N-dealkylation sites (tertiary alicyclic amines) is 1. The number of carbonyl (C=O) groups excluding carboxylic acids is 2. The predicted molar refractivity (Wildman–Crippen MR) is 85.3 cm³/mol. The Morgan fingerprint density at radius 3 is 2.62 bits per heavy atom. The zero-order valence-electron chi connectivity index (χ0n) is 11.2. The number of nitrogens with one attached hydrogen (secondary N) is 1. The van der Waals surface area contributed by atoms with Crippen LogP contribution in [0.2, 0.25) is 15.1 Å². The quantitative estimate of drug-likeness (QED) is 0.846. The summed E-state index contributed by atoms with van der Waals surface area (Å²) in [7, 11) is 0. The number of rotatable bonds is 4. The minimum absolute atomic E-state index is 0.00857. The molecule has 1 atom stereocenters. The number of nitrogens with zero attached hydrogens (tertiary/aromatic N) is 1. The Balaban J connectivity index is 1.97. The van der Waals surface area contributed by atoms with E-state index in [1.54, 1.807) is 0 Å². The topological polar surface area (TPSA) is 49.4 Å². The summed E-state index contributed by atoms with van der Waals surface area (Å²) in [5.74, 6) is -0.207. The summed E-state index contributed by atoms with van der Waals surface area (Å²) in [6.45, 7) is 1.62. The molecule has 1 aromatic carbocycles. The third kappa shape index (κ3) is 4.58. The number of amides is 1. The summed E-state index contributed by atoms with van der Waals surface area (Å²) < 4.78 is 0. The molecule has 4 nitrogen and oxygen atoms in total. The van der Waals surface area contributed by atoms with Crippen molar-refractivity contribution in [3.8, 4) is 0 Å². The number of piperidine rings is 1. The van der Waals surface area contributed by atoms with E-state index in [0.717, 1.165) is 25.7 Å². The minimum atomic E-state index is -0.215. The lowest BCUT2D eigenvalue weighted by Gasteiger charge is -2.29. The van der Waals surface area contributed by atoms with Crippen LogP contribution in [0, 0.1) is 5.92 Å². The molecule has 1 amide bonds. The molecule has 0 aromatic heterocycles. The summed E-state index contributed by atoms with van der Waals surface area (Å²) in [6.07, 6.45) is 2.76. The molecule has 1 saturated heterocycles. The summed E-state index contributed by atoms with van der Waals surface area (Å²) >= 11 is 17.9. The largest absolute Gasteiger partial charge is 0.322 e. The maximum absolute atomic E-state index is 12.1. The molecule has 0 aliphatic carbocycles. The Hall–Kier alpha value is -0.810. The molecule has 7 heteroatoms. The van der Waals surface area contributed by atoms with Gasteiger partial charge in [0.2, 0.25) is 5.91 Å². The van der Waals surface area contributed by atoms with E-state index in [-0.39, 0.29) is 18.4 Å². The maximum Gasteiger partial charge on any atom is 0.238 e. The van der Waals surface area contributed by atoms with Gasteiger partial charge in [-0.25, -0.2) is 0 Å². The Morgan fingerprint density at radius 2 is 2.00 bits per heavy atom. The van der Waals surface area contributed by atoms with Gasteiger partial charge < -0.3 is 10.1 Å². The average molecular weight is 350 g/mol. The molecule has 1 fully saturated rings. The average Bonchev–Trinajstić information content (AvgIpc) is 2.43. The lowest BCUT2D eigenvalue weighted by molar-refractivity contribution is -0.119. The molecule has 1 aliphatic rings. The van der Waals surface area contributed by atoms with Crippen LogP contribution < -0.4 is 5.32 Å². The highest BCUT2D eigenvalue weighted by molar-refractivity contribution is 6.42. The van der Waals surface area contributed by atoms with Crippen molar-refractivity contribution in [3.05, 3.63) is 27.2 Å². The second kappa shape index (κ2) is 7.45. The first-order chi connectivity index (χ1) is 9.99. The first kappa shape index (κ1) is 16.6. The molecule has 0 bridgehead atoms. The highest BCUT2D eigenvalue weighted by atomic mass is 35.5. The van der Waals surface area contributed by atoms with Crippen molar-refractivity contribution in [1.29, 1.82) is 0 Å². The summed E-state index contributed by atoms with van der Waals surface area (Å²) in [5.41, 5.74) is 0.358. The van der Waals surface area contributed by atoms with Gasteiger partial charge in [0.1, 0.15) is 6.29 Å². The van der Waals surface area contributed by atoms with E-state index in [0.29, 0.717) is 27.3 Å². The van der Waals surface area contributed by atoms with E-state index < -0.39 is 0 Å². The normalized spacial score (nSPS) is 19.3. The van der Waals surface area contributed by atoms with Crippen molar-refractivity contribution in [1.82, 2.24) is 4.90 Å². The van der Waals surface area contributed by atoms with Crippen LogP contribution in [-0.2, 0) is 9.59 Å². The summed E-state index contributed by atoms with van der Waals surface area (Å²) in [4.78, 5) is 24.9. The second-order valence-electron chi connectivity index (χ2n) is 5.07. The molecule has 1 N–H and O–H groups in total. The van der Waals surface area contributed by atoms with Crippen LogP contribution in [0.4, 0.5) is 5.69 Å². The monoisotopic (exact) mass is 348 g/mol. The predicted octanol–water partition coefficient (Wildman–Crippen LogP) is 3.50. The molecule has 0 spiro atoms. The lowest BCUT2D eigenvalue weighted by atomic mass is 10.00. The molecular weight excluding hydrogens is 335 g/mol. The van der Waals surface area contributed by atoms with Crippen molar-refractivity contribution < 1.29 is 9.59 Å². The van der Waals surface area contributed by atoms with Gasteiger partial charge in [-0.15, -0.1) is 0 Å². The van der Waals surface area contributed by atoms with E-state index in [2.05, 4.69) is 5.32 Å². The van der Waals surface area contributed by atoms with Crippen LogP contribution in [0.15, 0.2) is 12.1 Å². The van der Waals surface area contributed by atoms with Gasteiger partial charge in [0.25, 0.3) is 0 Å². The van der Waals surface area contributed by atoms with Gasteiger partial charge >= 0.3 is 0 Å². The van der Waals surface area contributed by atoms with Crippen LogP contribution in [0.5, 0.6) is 0 Å². The van der Waals surface area contributed by atoms with Gasteiger partial charge in [0, 0.05) is 17.5 Å². The Labute approximate surface area is 138 Å². The van der Waals surface area contributed by atoms with Gasteiger partial charge in [0.15, 0.2) is 0 Å². The standard InChI is InChI=1S/C14H15Cl3N2O2/c15-10-4-11(16)14(12(17)5-10)18-13(21)7-19-3-1-2-9(6-19)8-20/h4-5,8-9H,1-3,6-7H2,(H,18,21). The molecule has 114 valence electrons. The third-order valence-corrected chi connectivity index (χ3v) is 4.19. The van der Waals surface area contributed by atoms with Crippen LogP contribution >= 0.6 is 34.8 Å². The van der Waals surface area contributed by atoms with Gasteiger partial charge in [-0.1, -0.05) is 34.8 Å². The SMILES string of the molecule is O=CC1CCCN(CC(=O)Nc2c(Cl)cc(Cl)cc2Cl)C1. The molecular formula is C14H15Cl3N2O2. The van der Waals surface area contributed by atoms with Gasteiger partial charge in [-0.3, -0.25) is 9.69 Å². The fourth-order valence-corrected chi connectivity index (χ4v) is 3.30. The van der Waals surface area contributed by atoms with Crippen molar-refractivity contribution in [2.45, 2.75) is 12.8 Å². The van der Waals surface area contributed by atoms with Crippen molar-refractivity contribution >= 4 is 52.7 Å². The number of halogens is 3. The van der Waals surface area contributed by atoms with E-state index in [9.17, 15) is 9.59 Å². The van der Waals surface area contributed by atoms with Crippen molar-refractivity contribution in [2.75, 3.05) is 25.0 Å². The van der Waals surface area contributed by atoms with E-state index in [1.165, 1.54) is 12.1 Å². The van der Waals surface area contributed by atoms with Crippen LogP contribution in [0.3, 0.4) is 0 Å². The molecule has 21 heavy (non-hydrogen) atoms. The highest BCUT2D eigenvalue weighted by Gasteiger charge is 2.21. The Morgan fingerprint density at radius 1 is 1.33 bits per heavy atom. The summed E-state index contributed by atoms with van der Waals surface area (Å²) in [5, 5.41) is 3.70. The third-order valence-electron chi connectivity index (χ3n) is 3.37. The molecule has 1 heterocycles. The smallest absolute Gasteiger partial charge is 0.238 e. The Bertz CT molecular complexity index is 528. The first-order valence-corrected chi connectivity index (χ1v) is 7.75. The zero-order chi connectivity index (χ0) is 15.4. The van der Waals surface area contributed by atoms with E-state index in [1.807, 2.05) is 4.90 Å². The fourth-order valence-electron chi connectivity index (χ4n) is 2.39. The molecule has 2 rings (SSSR count). The van der Waals surface area contributed by atoms with Gasteiger partial charge in [0.05, 0.1) is 22.3 Å². The van der Waals surface area contributed by atoms with E-state index >= 15 is 0 Å². The molecule has 0 radical (unpaired) electrons. The van der Waals surface area contributed by atoms with E-state index in [4.69, 9.17) is 34.8 Å². The maximum atomic E-state index is 12.1. The lowest BCUT2D eigenvalue weighted by Crippen LogP contribution is -2.40.